The van der Waals surface area contributed by atoms with Gasteiger partial charge in [0.15, 0.2) is 16.3 Å². The second-order valence-electron chi connectivity index (χ2n) is 6.80. The fourth-order valence-electron chi connectivity index (χ4n) is 3.31. The molecule has 0 saturated carbocycles. The number of non-ortho nitro benzene ring substituents is 1. The Labute approximate surface area is 180 Å². The van der Waals surface area contributed by atoms with E-state index in [0.29, 0.717) is 6.54 Å². The summed E-state index contributed by atoms with van der Waals surface area (Å²) in [5.41, 5.74) is 3.62. The van der Waals surface area contributed by atoms with Crippen LogP contribution in [-0.4, -0.2) is 21.3 Å². The lowest BCUT2D eigenvalue weighted by molar-refractivity contribution is -0.384. The molecule has 1 aliphatic rings. The highest BCUT2D eigenvalue weighted by Crippen LogP contribution is 2.33. The van der Waals surface area contributed by atoms with Gasteiger partial charge in [0.2, 0.25) is 6.79 Å². The van der Waals surface area contributed by atoms with Crippen LogP contribution in [0.5, 0.6) is 11.5 Å². The standard InChI is InChI=1S/C22H16N4O4S/c27-26(28)18-6-4-16(5-7-18)19-13-31-22(24-17-2-1-9-23-11-17)25(19)12-15-3-8-20-21(10-15)30-14-29-20/h1-11,13H,12,14H2. The normalized spacial score (nSPS) is 12.8. The number of fused-ring (bicyclic) bond motifs is 1. The molecule has 2 aromatic carbocycles. The van der Waals surface area contributed by atoms with E-state index >= 15 is 0 Å². The molecule has 1 aliphatic heterocycles. The number of hydrogen-bond acceptors (Lipinski definition) is 7. The molecule has 154 valence electrons. The highest BCUT2D eigenvalue weighted by atomic mass is 32.1. The van der Waals surface area contributed by atoms with Crippen molar-refractivity contribution in [1.82, 2.24) is 9.55 Å². The average Bonchev–Trinajstić information content (AvgIpc) is 3.41. The molecule has 2 aromatic heterocycles. The number of aromatic nitrogens is 2. The number of nitro groups is 1. The zero-order chi connectivity index (χ0) is 21.2. The third-order valence-electron chi connectivity index (χ3n) is 4.82. The van der Waals surface area contributed by atoms with E-state index in [2.05, 4.69) is 9.55 Å². The number of rotatable bonds is 5. The third kappa shape index (κ3) is 3.90. The summed E-state index contributed by atoms with van der Waals surface area (Å²) in [6, 6.07) is 16.1. The molecule has 3 heterocycles. The minimum atomic E-state index is -0.402. The zero-order valence-corrected chi connectivity index (χ0v) is 17.0. The van der Waals surface area contributed by atoms with Crippen molar-refractivity contribution in [2.75, 3.05) is 6.79 Å². The van der Waals surface area contributed by atoms with Crippen molar-refractivity contribution < 1.29 is 14.4 Å². The summed E-state index contributed by atoms with van der Waals surface area (Å²) in [6.07, 6.45) is 3.41. The average molecular weight is 432 g/mol. The third-order valence-corrected chi connectivity index (χ3v) is 5.68. The number of thiazole rings is 1. The monoisotopic (exact) mass is 432 g/mol. The molecule has 0 spiro atoms. The maximum Gasteiger partial charge on any atom is 0.269 e. The molecule has 0 radical (unpaired) electrons. The summed E-state index contributed by atoms with van der Waals surface area (Å²) in [5.74, 6) is 1.45. The molecule has 0 unspecified atom stereocenters. The van der Waals surface area contributed by atoms with Gasteiger partial charge in [-0.1, -0.05) is 6.07 Å². The summed E-state index contributed by atoms with van der Waals surface area (Å²) in [5, 5.41) is 13.0. The lowest BCUT2D eigenvalue weighted by Gasteiger charge is -2.10. The molecule has 5 rings (SSSR count). The van der Waals surface area contributed by atoms with Crippen molar-refractivity contribution in [2.24, 2.45) is 4.99 Å². The first kappa shape index (κ1) is 19.0. The molecule has 9 heteroatoms. The number of nitrogens with zero attached hydrogens (tertiary/aromatic N) is 4. The van der Waals surface area contributed by atoms with Crippen LogP contribution in [0.3, 0.4) is 0 Å². The Morgan fingerprint density at radius 2 is 1.97 bits per heavy atom. The lowest BCUT2D eigenvalue weighted by atomic mass is 10.1. The smallest absolute Gasteiger partial charge is 0.269 e. The van der Waals surface area contributed by atoms with Crippen LogP contribution in [0.25, 0.3) is 11.3 Å². The first-order valence-electron chi connectivity index (χ1n) is 9.44. The largest absolute Gasteiger partial charge is 0.454 e. The second-order valence-corrected chi connectivity index (χ2v) is 7.64. The molecule has 8 nitrogen and oxygen atoms in total. The Morgan fingerprint density at radius 1 is 1.13 bits per heavy atom. The van der Waals surface area contributed by atoms with Gasteiger partial charge in [0.25, 0.3) is 5.69 Å². The van der Waals surface area contributed by atoms with Gasteiger partial charge in [-0.15, -0.1) is 11.3 Å². The van der Waals surface area contributed by atoms with Gasteiger partial charge in [0.1, 0.15) is 0 Å². The van der Waals surface area contributed by atoms with Gasteiger partial charge >= 0.3 is 0 Å². The van der Waals surface area contributed by atoms with Crippen LogP contribution in [0.15, 0.2) is 77.4 Å². The maximum atomic E-state index is 11.0. The molecule has 0 bridgehead atoms. The zero-order valence-electron chi connectivity index (χ0n) is 16.2. The number of benzene rings is 2. The van der Waals surface area contributed by atoms with E-state index in [1.165, 1.54) is 23.5 Å². The van der Waals surface area contributed by atoms with Crippen LogP contribution in [0, 0.1) is 10.1 Å². The Balaban J connectivity index is 1.60. The van der Waals surface area contributed by atoms with Crippen molar-refractivity contribution in [3.05, 3.63) is 92.9 Å². The van der Waals surface area contributed by atoms with Crippen molar-refractivity contribution in [1.29, 1.82) is 0 Å². The van der Waals surface area contributed by atoms with Crippen LogP contribution in [-0.2, 0) is 6.54 Å². The molecule has 31 heavy (non-hydrogen) atoms. The highest BCUT2D eigenvalue weighted by Gasteiger charge is 2.15. The predicted octanol–water partition coefficient (Wildman–Crippen LogP) is 4.53. The predicted molar refractivity (Wildman–Crippen MR) is 116 cm³/mol. The Kier molecular flexibility index (Phi) is 4.93. The summed E-state index contributed by atoms with van der Waals surface area (Å²) in [4.78, 5) is 20.3. The van der Waals surface area contributed by atoms with E-state index in [9.17, 15) is 10.1 Å². The molecule has 0 fully saturated rings. The van der Waals surface area contributed by atoms with Gasteiger partial charge in [-0.2, -0.15) is 0 Å². The van der Waals surface area contributed by atoms with E-state index in [4.69, 9.17) is 14.5 Å². The lowest BCUT2D eigenvalue weighted by Crippen LogP contribution is -2.16. The van der Waals surface area contributed by atoms with Gasteiger partial charge in [-0.05, 0) is 47.5 Å². The topological polar surface area (TPSA) is 91.8 Å². The second kappa shape index (κ2) is 8.04. The summed E-state index contributed by atoms with van der Waals surface area (Å²) < 4.78 is 13.0. The minimum absolute atomic E-state index is 0.0570. The Morgan fingerprint density at radius 3 is 2.74 bits per heavy atom. The van der Waals surface area contributed by atoms with Gasteiger partial charge in [0.05, 0.1) is 29.0 Å². The molecule has 0 amide bonds. The van der Waals surface area contributed by atoms with Gasteiger partial charge in [-0.3, -0.25) is 15.1 Å². The number of hydrogen-bond donors (Lipinski definition) is 0. The van der Waals surface area contributed by atoms with Crippen molar-refractivity contribution in [3.8, 4) is 22.8 Å². The summed E-state index contributed by atoms with van der Waals surface area (Å²) >= 11 is 1.50. The van der Waals surface area contributed by atoms with Crippen LogP contribution in [0.4, 0.5) is 11.4 Å². The first-order valence-corrected chi connectivity index (χ1v) is 10.3. The minimum Gasteiger partial charge on any atom is -0.454 e. The van der Waals surface area contributed by atoms with Crippen LogP contribution >= 0.6 is 11.3 Å². The SMILES string of the molecule is O=[N+]([O-])c1ccc(-c2csc(=Nc3cccnc3)n2Cc2ccc3c(c2)OCO3)cc1. The highest BCUT2D eigenvalue weighted by molar-refractivity contribution is 7.07. The number of ether oxygens (including phenoxy) is 2. The Hall–Kier alpha value is -3.98. The van der Waals surface area contributed by atoms with Gasteiger partial charge < -0.3 is 14.0 Å². The van der Waals surface area contributed by atoms with E-state index in [1.807, 2.05) is 35.7 Å². The van der Waals surface area contributed by atoms with E-state index in [-0.39, 0.29) is 12.5 Å². The van der Waals surface area contributed by atoms with Crippen LogP contribution < -0.4 is 14.3 Å². The van der Waals surface area contributed by atoms with Crippen LogP contribution in [0.2, 0.25) is 0 Å². The maximum absolute atomic E-state index is 11.0. The number of pyridine rings is 1. The fraction of sp³-hybridized carbons (Fsp3) is 0.0909. The summed E-state index contributed by atoms with van der Waals surface area (Å²) in [6.45, 7) is 0.769. The van der Waals surface area contributed by atoms with Crippen LogP contribution in [0.1, 0.15) is 5.56 Å². The van der Waals surface area contributed by atoms with E-state index in [1.54, 1.807) is 24.5 Å². The van der Waals surface area contributed by atoms with Crippen molar-refractivity contribution in [2.45, 2.75) is 6.54 Å². The molecular weight excluding hydrogens is 416 g/mol. The van der Waals surface area contributed by atoms with Gasteiger partial charge in [0, 0.05) is 23.7 Å². The van der Waals surface area contributed by atoms with E-state index in [0.717, 1.165) is 38.8 Å². The number of nitro benzene ring substituents is 1. The Bertz CT molecular complexity index is 1310. The molecule has 0 N–H and O–H groups in total. The molecular formula is C22H16N4O4S. The molecule has 0 atom stereocenters. The molecule has 0 aliphatic carbocycles. The van der Waals surface area contributed by atoms with Crippen molar-refractivity contribution in [3.63, 3.8) is 0 Å². The van der Waals surface area contributed by atoms with Gasteiger partial charge in [-0.25, -0.2) is 4.99 Å². The first-order chi connectivity index (χ1) is 15.2. The summed E-state index contributed by atoms with van der Waals surface area (Å²) in [7, 11) is 0. The van der Waals surface area contributed by atoms with E-state index < -0.39 is 4.92 Å². The van der Waals surface area contributed by atoms with Crippen molar-refractivity contribution >= 4 is 22.7 Å². The quantitative estimate of drug-likeness (QED) is 0.341. The fourth-order valence-corrected chi connectivity index (χ4v) is 4.24. The molecule has 0 saturated heterocycles. The molecule has 4 aromatic rings.